The van der Waals surface area contributed by atoms with E-state index in [1.807, 2.05) is 18.2 Å². The number of hydrogen-bond donors (Lipinski definition) is 2. The van der Waals surface area contributed by atoms with Gasteiger partial charge in [0.05, 0.1) is 0 Å². The molecule has 0 spiro atoms. The van der Waals surface area contributed by atoms with Gasteiger partial charge in [-0.05, 0) is 42.9 Å². The maximum atomic E-state index is 9.60. The smallest absolute Gasteiger partial charge is 0.120 e. The van der Waals surface area contributed by atoms with Crippen LogP contribution in [0.2, 0.25) is 0 Å². The summed E-state index contributed by atoms with van der Waals surface area (Å²) in [6.45, 7) is 1.85. The number of aromatic hydroxyl groups is 1. The van der Waals surface area contributed by atoms with Crippen LogP contribution in [0.5, 0.6) is 5.75 Å². The third-order valence-corrected chi connectivity index (χ3v) is 4.13. The van der Waals surface area contributed by atoms with E-state index in [0.29, 0.717) is 5.75 Å². The number of benzene rings is 1. The first-order valence-electron chi connectivity index (χ1n) is 5.91. The van der Waals surface area contributed by atoms with Crippen LogP contribution in [0, 0.1) is 5.92 Å². The average Bonchev–Trinajstić information content (AvgIpc) is 2.33. The van der Waals surface area contributed by atoms with Gasteiger partial charge in [0.2, 0.25) is 0 Å². The van der Waals surface area contributed by atoms with E-state index in [4.69, 9.17) is 0 Å². The predicted molar refractivity (Wildman–Crippen MR) is 69.9 cm³/mol. The van der Waals surface area contributed by atoms with Crippen LogP contribution in [-0.2, 0) is 6.54 Å². The zero-order valence-electron chi connectivity index (χ0n) is 9.48. The number of phenols is 1. The zero-order valence-corrected chi connectivity index (χ0v) is 10.3. The molecule has 0 atom stereocenters. The van der Waals surface area contributed by atoms with Crippen LogP contribution in [0.15, 0.2) is 24.3 Å². The lowest BCUT2D eigenvalue weighted by molar-refractivity contribution is 0.436. The van der Waals surface area contributed by atoms with E-state index in [1.54, 1.807) is 6.07 Å². The van der Waals surface area contributed by atoms with E-state index in [0.717, 1.165) is 24.6 Å². The number of phenolic OH excluding ortho intramolecular Hbond substituents is 1. The molecule has 88 valence electrons. The topological polar surface area (TPSA) is 32.3 Å². The van der Waals surface area contributed by atoms with Crippen molar-refractivity contribution in [3.05, 3.63) is 29.8 Å². The summed E-state index contributed by atoms with van der Waals surface area (Å²) >= 11 is 2.06. The van der Waals surface area contributed by atoms with Crippen molar-refractivity contribution in [3.8, 4) is 5.75 Å². The monoisotopic (exact) mass is 237 g/mol. The second-order valence-corrected chi connectivity index (χ2v) is 5.54. The van der Waals surface area contributed by atoms with Crippen molar-refractivity contribution in [1.29, 1.82) is 0 Å². The maximum Gasteiger partial charge on any atom is 0.120 e. The van der Waals surface area contributed by atoms with Gasteiger partial charge in [-0.1, -0.05) is 18.2 Å². The minimum atomic E-state index is 0.397. The highest BCUT2D eigenvalue weighted by Gasteiger charge is 2.12. The lowest BCUT2D eigenvalue weighted by Gasteiger charge is -2.21. The summed E-state index contributed by atoms with van der Waals surface area (Å²) in [6, 6.07) is 7.54. The molecule has 2 rings (SSSR count). The third kappa shape index (κ3) is 3.42. The van der Waals surface area contributed by atoms with Gasteiger partial charge in [-0.25, -0.2) is 0 Å². The van der Waals surface area contributed by atoms with E-state index >= 15 is 0 Å². The molecule has 16 heavy (non-hydrogen) atoms. The van der Waals surface area contributed by atoms with Crippen LogP contribution in [0.4, 0.5) is 0 Å². The third-order valence-electron chi connectivity index (χ3n) is 3.08. The lowest BCUT2D eigenvalue weighted by atomic mass is 10.0. The molecule has 2 N–H and O–H groups in total. The Morgan fingerprint density at radius 2 is 2.00 bits per heavy atom. The van der Waals surface area contributed by atoms with Crippen molar-refractivity contribution in [1.82, 2.24) is 5.32 Å². The Bertz CT molecular complexity index is 323. The molecule has 2 nitrogen and oxygen atoms in total. The van der Waals surface area contributed by atoms with Crippen LogP contribution in [0.25, 0.3) is 0 Å². The molecule has 0 saturated carbocycles. The largest absolute Gasteiger partial charge is 0.508 e. The van der Waals surface area contributed by atoms with Crippen molar-refractivity contribution >= 4 is 11.8 Å². The van der Waals surface area contributed by atoms with Gasteiger partial charge in [0.15, 0.2) is 0 Å². The van der Waals surface area contributed by atoms with Crippen LogP contribution < -0.4 is 5.32 Å². The van der Waals surface area contributed by atoms with E-state index in [9.17, 15) is 5.11 Å². The van der Waals surface area contributed by atoms with E-state index in [1.165, 1.54) is 24.3 Å². The van der Waals surface area contributed by atoms with Crippen molar-refractivity contribution in [2.45, 2.75) is 19.4 Å². The number of thioether (sulfide) groups is 1. The van der Waals surface area contributed by atoms with Crippen molar-refractivity contribution < 1.29 is 5.11 Å². The van der Waals surface area contributed by atoms with Gasteiger partial charge < -0.3 is 10.4 Å². The van der Waals surface area contributed by atoms with Crippen LogP contribution in [0.3, 0.4) is 0 Å². The molecule has 1 saturated heterocycles. The zero-order chi connectivity index (χ0) is 11.2. The summed E-state index contributed by atoms with van der Waals surface area (Å²) in [5.74, 6) is 3.84. The molecule has 0 unspecified atom stereocenters. The molecule has 0 bridgehead atoms. The van der Waals surface area contributed by atoms with E-state index in [-0.39, 0.29) is 0 Å². The fourth-order valence-electron chi connectivity index (χ4n) is 2.02. The first-order chi connectivity index (χ1) is 7.86. The van der Waals surface area contributed by atoms with Crippen molar-refractivity contribution in [2.75, 3.05) is 18.1 Å². The minimum absolute atomic E-state index is 0.397. The van der Waals surface area contributed by atoms with Crippen molar-refractivity contribution in [2.24, 2.45) is 5.92 Å². The normalized spacial score (nSPS) is 17.5. The Morgan fingerprint density at radius 1 is 1.25 bits per heavy atom. The minimum Gasteiger partial charge on any atom is -0.508 e. The highest BCUT2D eigenvalue weighted by atomic mass is 32.2. The summed E-state index contributed by atoms with van der Waals surface area (Å²) in [5.41, 5.74) is 0.993. The highest BCUT2D eigenvalue weighted by molar-refractivity contribution is 7.99. The highest BCUT2D eigenvalue weighted by Crippen LogP contribution is 2.22. The molecule has 0 radical (unpaired) electrons. The molecule has 0 aromatic heterocycles. The van der Waals surface area contributed by atoms with Gasteiger partial charge in [0, 0.05) is 12.1 Å². The van der Waals surface area contributed by atoms with Crippen LogP contribution in [0.1, 0.15) is 18.4 Å². The lowest BCUT2D eigenvalue weighted by Crippen LogP contribution is -2.25. The maximum absolute atomic E-state index is 9.60. The summed E-state index contributed by atoms with van der Waals surface area (Å²) < 4.78 is 0. The van der Waals surface area contributed by atoms with Gasteiger partial charge in [0.25, 0.3) is 0 Å². The van der Waals surface area contributed by atoms with E-state index in [2.05, 4.69) is 17.1 Å². The molecule has 1 heterocycles. The first kappa shape index (κ1) is 11.8. The van der Waals surface area contributed by atoms with Gasteiger partial charge >= 0.3 is 0 Å². The van der Waals surface area contributed by atoms with Gasteiger partial charge in [-0.3, -0.25) is 0 Å². The molecule has 1 fully saturated rings. The summed E-state index contributed by atoms with van der Waals surface area (Å²) in [5, 5.41) is 13.0. The Morgan fingerprint density at radius 3 is 2.75 bits per heavy atom. The molecule has 1 aromatic rings. The fraction of sp³-hybridized carbons (Fsp3) is 0.538. The van der Waals surface area contributed by atoms with Crippen LogP contribution >= 0.6 is 11.8 Å². The average molecular weight is 237 g/mol. The fourth-order valence-corrected chi connectivity index (χ4v) is 3.23. The molecular weight excluding hydrogens is 218 g/mol. The molecular formula is C13H19NOS. The second kappa shape index (κ2) is 6.16. The molecule has 1 aromatic carbocycles. The Labute approximate surface area is 101 Å². The Hall–Kier alpha value is -0.670. The second-order valence-electron chi connectivity index (χ2n) is 4.32. The number of hydrogen-bond acceptors (Lipinski definition) is 3. The van der Waals surface area contributed by atoms with Gasteiger partial charge in [-0.15, -0.1) is 0 Å². The van der Waals surface area contributed by atoms with Crippen molar-refractivity contribution in [3.63, 3.8) is 0 Å². The van der Waals surface area contributed by atoms with Crippen LogP contribution in [-0.4, -0.2) is 23.2 Å². The summed E-state index contributed by atoms with van der Waals surface area (Å²) in [7, 11) is 0. The molecule has 0 amide bonds. The molecule has 1 aliphatic heterocycles. The molecule has 3 heteroatoms. The molecule has 1 aliphatic rings. The number of nitrogens with one attached hydrogen (secondary N) is 1. The SMILES string of the molecule is Oc1ccccc1CNCC1CCSCC1. The quantitative estimate of drug-likeness (QED) is 0.844. The Balaban J connectivity index is 1.73. The number of para-hydroxylation sites is 1. The first-order valence-corrected chi connectivity index (χ1v) is 7.07. The molecule has 0 aliphatic carbocycles. The predicted octanol–water partition coefficient (Wildman–Crippen LogP) is 2.63. The Kier molecular flexibility index (Phi) is 4.55. The van der Waals surface area contributed by atoms with Gasteiger partial charge in [0.1, 0.15) is 5.75 Å². The summed E-state index contributed by atoms with van der Waals surface area (Å²) in [6.07, 6.45) is 2.66. The summed E-state index contributed by atoms with van der Waals surface area (Å²) in [4.78, 5) is 0. The van der Waals surface area contributed by atoms with E-state index < -0.39 is 0 Å². The number of rotatable bonds is 4. The standard InChI is InChI=1S/C13H19NOS/c15-13-4-2-1-3-12(13)10-14-9-11-5-7-16-8-6-11/h1-4,11,14-15H,5-10H2. The van der Waals surface area contributed by atoms with Gasteiger partial charge in [-0.2, -0.15) is 11.8 Å².